The molecule has 0 saturated heterocycles. The van der Waals surface area contributed by atoms with Gasteiger partial charge in [0.25, 0.3) is 0 Å². The van der Waals surface area contributed by atoms with E-state index >= 15 is 0 Å². The Morgan fingerprint density at radius 3 is 2.00 bits per heavy atom. The van der Waals surface area contributed by atoms with Crippen molar-refractivity contribution in [2.75, 3.05) is 0 Å². The summed E-state index contributed by atoms with van der Waals surface area (Å²) in [6, 6.07) is 0. The number of hydrogen-bond acceptors (Lipinski definition) is 2. The highest BCUT2D eigenvalue weighted by molar-refractivity contribution is 8.06. The Hall–Kier alpha value is 0.530. The zero-order valence-corrected chi connectivity index (χ0v) is 3.87. The molecule has 5 heteroatoms. The van der Waals surface area contributed by atoms with Crippen LogP contribution in [0, 0.1) is 0 Å². The second-order valence-corrected chi connectivity index (χ2v) is 2.90. The molecule has 0 fully saturated rings. The standard InChI is InChI=1S/H3O3PS/c1-4(2,3)5/h(H3,1,2,3,5)/i/hD. The molecule has 0 bridgehead atoms. The molecule has 0 unspecified atom stereocenters. The Balaban J connectivity index is 3.48. The fourth-order valence-electron chi connectivity index (χ4n) is 0. The van der Waals surface area contributed by atoms with Gasteiger partial charge in [0, 0.05) is 0 Å². The zero-order chi connectivity index (χ0) is 5.21. The molecule has 0 aromatic heterocycles. The third-order valence-corrected chi connectivity index (χ3v) is 0. The summed E-state index contributed by atoms with van der Waals surface area (Å²) >= 11 is 3.80. The van der Waals surface area contributed by atoms with E-state index in [9.17, 15) is 0 Å². The predicted octanol–water partition coefficient (Wildman–Crippen LogP) is -0.812. The summed E-state index contributed by atoms with van der Waals surface area (Å²) in [5.41, 5.74) is 0. The Labute approximate surface area is 35.6 Å². The van der Waals surface area contributed by atoms with Gasteiger partial charge in [0.1, 0.15) is 0 Å². The van der Waals surface area contributed by atoms with Gasteiger partial charge in [-0.3, -0.25) is 0 Å². The van der Waals surface area contributed by atoms with Gasteiger partial charge in [0.2, 0.25) is 1.43 Å². The van der Waals surface area contributed by atoms with Gasteiger partial charge in [-0.25, -0.2) is 0 Å². The molecule has 0 aliphatic rings. The maximum absolute atomic E-state index is 7.90. The van der Waals surface area contributed by atoms with E-state index in [-0.39, 0.29) is 0 Å². The SMILES string of the molecule is [2H]OP(O)(O)=S. The van der Waals surface area contributed by atoms with Crippen molar-refractivity contribution in [1.82, 2.24) is 0 Å². The molecule has 0 amide bonds. The van der Waals surface area contributed by atoms with Crippen molar-refractivity contribution >= 4 is 18.5 Å². The minimum atomic E-state index is -3.65. The monoisotopic (exact) mass is 115 g/mol. The Morgan fingerprint density at radius 1 is 1.80 bits per heavy atom. The van der Waals surface area contributed by atoms with Crippen molar-refractivity contribution in [2.24, 2.45) is 0 Å². The van der Waals surface area contributed by atoms with E-state index in [1.165, 1.54) is 0 Å². The van der Waals surface area contributed by atoms with Crippen molar-refractivity contribution in [1.29, 1.82) is 1.43 Å². The quantitative estimate of drug-likeness (QED) is 0.391. The van der Waals surface area contributed by atoms with E-state index in [0.717, 1.165) is 0 Å². The number of rotatable bonds is 1. The third kappa shape index (κ3) is 103. The third-order valence-electron chi connectivity index (χ3n) is 0. The summed E-state index contributed by atoms with van der Waals surface area (Å²) in [5.74, 6) is 0. The summed E-state index contributed by atoms with van der Waals surface area (Å²) in [6.45, 7) is -3.65. The molecule has 0 heterocycles. The molecule has 0 spiro atoms. The van der Waals surface area contributed by atoms with E-state index < -0.39 is 6.72 Å². The van der Waals surface area contributed by atoms with Gasteiger partial charge in [-0.2, -0.15) is 0 Å². The molecule has 0 saturated carbocycles. The van der Waals surface area contributed by atoms with Crippen LogP contribution >= 0.6 is 6.72 Å². The van der Waals surface area contributed by atoms with Gasteiger partial charge in [0.05, 0.1) is 0 Å². The van der Waals surface area contributed by atoms with Crippen LogP contribution in [0.1, 0.15) is 0 Å². The lowest BCUT2D eigenvalue weighted by Gasteiger charge is -1.88. The molecule has 0 radical (unpaired) electrons. The van der Waals surface area contributed by atoms with Crippen molar-refractivity contribution in [3.05, 3.63) is 0 Å². The topological polar surface area (TPSA) is 60.7 Å². The molecule has 32 valence electrons. The first-order valence-corrected chi connectivity index (χ1v) is 3.39. The molecular weight excluding hydrogens is 111 g/mol. The van der Waals surface area contributed by atoms with Crippen molar-refractivity contribution < 1.29 is 14.7 Å². The fraction of sp³-hybridized carbons (Fsp3) is 0. The first-order chi connectivity index (χ1) is 2.56. The summed E-state index contributed by atoms with van der Waals surface area (Å²) in [4.78, 5) is 19.0. The minimum absolute atomic E-state index is 3.22. The second kappa shape index (κ2) is 1.32. The van der Waals surface area contributed by atoms with Crippen molar-refractivity contribution in [3.63, 3.8) is 0 Å². The largest absolute Gasteiger partial charge is 0.325 e. The van der Waals surface area contributed by atoms with Gasteiger partial charge in [0.15, 0.2) is 0 Å². The second-order valence-electron chi connectivity index (χ2n) is 0.491. The van der Waals surface area contributed by atoms with Gasteiger partial charge in [-0.1, -0.05) is 0 Å². The van der Waals surface area contributed by atoms with E-state index in [1.54, 1.807) is 0 Å². The lowest BCUT2D eigenvalue weighted by atomic mass is 15.8. The summed E-state index contributed by atoms with van der Waals surface area (Å²) in [5, 5.41) is 0. The van der Waals surface area contributed by atoms with Crippen LogP contribution in [-0.4, -0.2) is 16.1 Å². The van der Waals surface area contributed by atoms with Crippen LogP contribution < -0.4 is 0 Å². The smallest absolute Gasteiger partial charge is 0.319 e. The molecule has 0 aliphatic heterocycles. The molecule has 0 rings (SSSR count). The average molecular weight is 115 g/mol. The summed E-state index contributed by atoms with van der Waals surface area (Å²) in [7, 11) is 0. The highest BCUT2D eigenvalue weighted by Crippen LogP contribution is 2.26. The normalized spacial score (nSPS) is 14.4. The van der Waals surface area contributed by atoms with E-state index in [2.05, 4.69) is 16.7 Å². The summed E-state index contributed by atoms with van der Waals surface area (Å²) < 4.78 is 5.80. The van der Waals surface area contributed by atoms with Crippen LogP contribution in [-0.2, 0) is 11.8 Å². The average Bonchev–Trinajstić information content (AvgIpc) is 1.35. The van der Waals surface area contributed by atoms with E-state index in [4.69, 9.17) is 11.2 Å². The fourth-order valence-corrected chi connectivity index (χ4v) is 0. The van der Waals surface area contributed by atoms with Crippen molar-refractivity contribution in [2.45, 2.75) is 0 Å². The maximum Gasteiger partial charge on any atom is 0.319 e. The molecule has 0 atom stereocenters. The van der Waals surface area contributed by atoms with Gasteiger partial charge in [-0.15, -0.1) is 0 Å². The lowest BCUT2D eigenvalue weighted by molar-refractivity contribution is 0.363. The van der Waals surface area contributed by atoms with Crippen LogP contribution in [0.25, 0.3) is 0 Å². The van der Waals surface area contributed by atoms with Crippen LogP contribution in [0.4, 0.5) is 0 Å². The Morgan fingerprint density at radius 2 is 2.00 bits per heavy atom. The van der Waals surface area contributed by atoms with Crippen LogP contribution in [0.3, 0.4) is 0 Å². The van der Waals surface area contributed by atoms with E-state index in [0.29, 0.717) is 0 Å². The van der Waals surface area contributed by atoms with Crippen LogP contribution in [0.2, 0.25) is 0 Å². The number of hydrogen-bond donors (Lipinski definition) is 3. The lowest BCUT2D eigenvalue weighted by Crippen LogP contribution is -1.65. The van der Waals surface area contributed by atoms with Crippen LogP contribution in [0.15, 0.2) is 0 Å². The van der Waals surface area contributed by atoms with Gasteiger partial charge >= 0.3 is 6.72 Å². The highest BCUT2D eigenvalue weighted by atomic mass is 32.5. The van der Waals surface area contributed by atoms with Gasteiger partial charge < -0.3 is 14.7 Å². The highest BCUT2D eigenvalue weighted by Gasteiger charge is 1.92. The first kappa shape index (κ1) is 3.71. The molecular formula is H3O3PS. The minimum Gasteiger partial charge on any atom is -0.325 e. The molecule has 0 aliphatic carbocycles. The molecule has 3 N–H and O–H groups in total. The molecule has 0 aromatic rings. The molecule has 3 nitrogen and oxygen atoms in total. The predicted molar refractivity (Wildman–Crippen MR) is 20.9 cm³/mol. The first-order valence-electron chi connectivity index (χ1n) is 1.17. The van der Waals surface area contributed by atoms with Crippen molar-refractivity contribution in [3.8, 4) is 0 Å². The zero-order valence-electron chi connectivity index (χ0n) is 3.16. The molecule has 5 heavy (non-hydrogen) atoms. The van der Waals surface area contributed by atoms with E-state index in [1.807, 2.05) is 0 Å². The Bertz CT molecular complexity index is 74.9. The van der Waals surface area contributed by atoms with Gasteiger partial charge in [-0.05, 0) is 11.8 Å². The molecule has 0 aromatic carbocycles. The summed E-state index contributed by atoms with van der Waals surface area (Å²) in [6.07, 6.45) is 0. The Kier molecular flexibility index (Phi) is 0.982. The maximum atomic E-state index is 7.90. The van der Waals surface area contributed by atoms with Crippen LogP contribution in [0.5, 0.6) is 0 Å².